The molecule has 0 unspecified atom stereocenters. The molecule has 3 rings (SSSR count). The van der Waals surface area contributed by atoms with Gasteiger partial charge < -0.3 is 26.4 Å². The minimum absolute atomic E-state index is 0.0159. The van der Waals surface area contributed by atoms with Crippen molar-refractivity contribution in [2.75, 3.05) is 22.5 Å². The normalized spacial score (nSPS) is 10.8. The number of alkyl halides is 3. The molecule has 0 aromatic heterocycles. The second-order valence-electron chi connectivity index (χ2n) is 7.31. The lowest BCUT2D eigenvalue weighted by Crippen LogP contribution is -2.29. The fourth-order valence-electron chi connectivity index (χ4n) is 3.01. The Morgan fingerprint density at radius 3 is 2.17 bits per heavy atom. The molecule has 0 heterocycles. The average molecular weight is 517 g/mol. The predicted octanol–water partition coefficient (Wildman–Crippen LogP) is 4.58. The summed E-state index contributed by atoms with van der Waals surface area (Å²) in [4.78, 5) is 35.2. The van der Waals surface area contributed by atoms with E-state index in [-0.39, 0.29) is 21.9 Å². The molecule has 5 N–H and O–H groups in total. The number of halogens is 3. The lowest BCUT2D eigenvalue weighted by atomic mass is 10.1. The van der Waals surface area contributed by atoms with Crippen molar-refractivity contribution >= 4 is 52.2 Å². The first-order valence-electron chi connectivity index (χ1n) is 10.3. The Morgan fingerprint density at radius 1 is 0.806 bits per heavy atom. The first-order valence-corrected chi connectivity index (χ1v) is 10.7. The Hall–Kier alpha value is -4.45. The van der Waals surface area contributed by atoms with Gasteiger partial charge >= 0.3 is 12.1 Å². The average Bonchev–Trinajstić information content (AvgIpc) is 2.83. The van der Waals surface area contributed by atoms with Gasteiger partial charge in [-0.2, -0.15) is 13.2 Å². The van der Waals surface area contributed by atoms with Crippen molar-refractivity contribution in [3.63, 3.8) is 0 Å². The SMILES string of the molecule is O=C(O)CNC(=O)c1ccc(NC(=S)Nc2ccccc2C(=O)Nc2cccc(C(F)(F)F)c2)cc1. The lowest BCUT2D eigenvalue weighted by molar-refractivity contribution is -0.137. The van der Waals surface area contributed by atoms with Crippen molar-refractivity contribution in [1.82, 2.24) is 5.32 Å². The number of aliphatic carboxylic acids is 1. The molecule has 0 aliphatic carbocycles. The van der Waals surface area contributed by atoms with E-state index in [1.807, 2.05) is 0 Å². The molecule has 12 heteroatoms. The van der Waals surface area contributed by atoms with Crippen LogP contribution < -0.4 is 21.3 Å². The third-order valence-corrected chi connectivity index (χ3v) is 4.88. The molecule has 0 radical (unpaired) electrons. The van der Waals surface area contributed by atoms with E-state index in [1.165, 1.54) is 30.3 Å². The molecule has 2 amide bonds. The highest BCUT2D eigenvalue weighted by Gasteiger charge is 2.30. The van der Waals surface area contributed by atoms with Crippen molar-refractivity contribution in [3.05, 3.63) is 89.5 Å². The molecule has 8 nitrogen and oxygen atoms in total. The van der Waals surface area contributed by atoms with Gasteiger partial charge in [0.2, 0.25) is 0 Å². The quantitative estimate of drug-likeness (QED) is 0.292. The molecule has 186 valence electrons. The van der Waals surface area contributed by atoms with Crippen LogP contribution in [0, 0.1) is 0 Å². The van der Waals surface area contributed by atoms with E-state index >= 15 is 0 Å². The van der Waals surface area contributed by atoms with E-state index in [1.54, 1.807) is 30.3 Å². The van der Waals surface area contributed by atoms with E-state index in [4.69, 9.17) is 17.3 Å². The Kier molecular flexibility index (Phi) is 8.22. The zero-order chi connectivity index (χ0) is 26.3. The molecule has 3 aromatic carbocycles. The second-order valence-corrected chi connectivity index (χ2v) is 7.72. The highest BCUT2D eigenvalue weighted by molar-refractivity contribution is 7.80. The van der Waals surface area contributed by atoms with Crippen LogP contribution in [0.2, 0.25) is 0 Å². The van der Waals surface area contributed by atoms with E-state index in [0.717, 1.165) is 12.1 Å². The number of thiocarbonyl (C=S) groups is 1. The number of carbonyl (C=O) groups is 3. The topological polar surface area (TPSA) is 120 Å². The summed E-state index contributed by atoms with van der Waals surface area (Å²) in [6.45, 7) is -0.506. The third kappa shape index (κ3) is 7.27. The number of amides is 2. The number of rotatable bonds is 7. The number of anilines is 3. The van der Waals surface area contributed by atoms with Crippen molar-refractivity contribution in [2.45, 2.75) is 6.18 Å². The molecular weight excluding hydrogens is 497 g/mol. The maximum Gasteiger partial charge on any atom is 0.416 e. The van der Waals surface area contributed by atoms with Crippen molar-refractivity contribution < 1.29 is 32.7 Å². The number of nitrogens with one attached hydrogen (secondary N) is 4. The standard InChI is InChI=1S/C24H19F3N4O4S/c25-24(26,27)15-4-3-5-17(12-15)29-22(35)18-6-1-2-7-19(18)31-23(36)30-16-10-8-14(9-11-16)21(34)28-13-20(32)33/h1-12H,13H2,(H,28,34)(H,29,35)(H,32,33)(H2,30,31,36). The van der Waals surface area contributed by atoms with Crippen molar-refractivity contribution in [2.24, 2.45) is 0 Å². The zero-order valence-electron chi connectivity index (χ0n) is 18.3. The van der Waals surface area contributed by atoms with Crippen LogP contribution in [0.25, 0.3) is 0 Å². The van der Waals surface area contributed by atoms with Gasteiger partial charge in [-0.25, -0.2) is 0 Å². The monoisotopic (exact) mass is 516 g/mol. The maximum atomic E-state index is 13.0. The molecule has 0 aliphatic rings. The zero-order valence-corrected chi connectivity index (χ0v) is 19.2. The molecule has 0 saturated carbocycles. The molecular formula is C24H19F3N4O4S. The minimum Gasteiger partial charge on any atom is -0.480 e. The van der Waals surface area contributed by atoms with Gasteiger partial charge in [0.15, 0.2) is 5.11 Å². The summed E-state index contributed by atoms with van der Waals surface area (Å²) in [5.41, 5.74) is 0.305. The molecule has 3 aromatic rings. The van der Waals surface area contributed by atoms with Crippen LogP contribution in [0.4, 0.5) is 30.2 Å². The summed E-state index contributed by atoms with van der Waals surface area (Å²) >= 11 is 5.28. The van der Waals surface area contributed by atoms with Crippen LogP contribution in [-0.2, 0) is 11.0 Å². The van der Waals surface area contributed by atoms with Gasteiger partial charge in [0.05, 0.1) is 16.8 Å². The molecule has 0 atom stereocenters. The molecule has 0 bridgehead atoms. The Bertz CT molecular complexity index is 1300. The Morgan fingerprint density at radius 2 is 1.50 bits per heavy atom. The molecule has 0 fully saturated rings. The van der Waals surface area contributed by atoms with Gasteiger partial charge in [-0.1, -0.05) is 18.2 Å². The molecule has 0 aliphatic heterocycles. The van der Waals surface area contributed by atoms with Crippen LogP contribution >= 0.6 is 12.2 Å². The number of carboxylic acids is 1. The predicted molar refractivity (Wildman–Crippen MR) is 132 cm³/mol. The summed E-state index contributed by atoms with van der Waals surface area (Å²) in [7, 11) is 0. The number of hydrogen-bond donors (Lipinski definition) is 5. The van der Waals surface area contributed by atoms with E-state index in [9.17, 15) is 27.6 Å². The minimum atomic E-state index is -4.54. The Labute approximate surface area is 208 Å². The second kappa shape index (κ2) is 11.3. The van der Waals surface area contributed by atoms with Gasteiger partial charge in [0.1, 0.15) is 6.54 Å². The number of para-hydroxylation sites is 1. The van der Waals surface area contributed by atoms with Gasteiger partial charge in [-0.3, -0.25) is 14.4 Å². The summed E-state index contributed by atoms with van der Waals surface area (Å²) in [5.74, 6) is -2.36. The highest BCUT2D eigenvalue weighted by atomic mass is 32.1. The van der Waals surface area contributed by atoms with Crippen LogP contribution in [0.3, 0.4) is 0 Å². The van der Waals surface area contributed by atoms with Crippen LogP contribution in [-0.4, -0.2) is 34.5 Å². The first-order chi connectivity index (χ1) is 17.0. The number of carboxylic acid groups (broad SMARTS) is 1. The van der Waals surface area contributed by atoms with Crippen LogP contribution in [0.1, 0.15) is 26.3 Å². The van der Waals surface area contributed by atoms with E-state index in [2.05, 4.69) is 21.3 Å². The van der Waals surface area contributed by atoms with Crippen molar-refractivity contribution in [3.8, 4) is 0 Å². The smallest absolute Gasteiger partial charge is 0.416 e. The van der Waals surface area contributed by atoms with E-state index < -0.39 is 36.1 Å². The number of carbonyl (C=O) groups excluding carboxylic acids is 2. The lowest BCUT2D eigenvalue weighted by Gasteiger charge is -2.15. The molecule has 36 heavy (non-hydrogen) atoms. The van der Waals surface area contributed by atoms with E-state index in [0.29, 0.717) is 11.4 Å². The molecule has 0 saturated heterocycles. The van der Waals surface area contributed by atoms with Gasteiger partial charge in [-0.05, 0) is 66.8 Å². The van der Waals surface area contributed by atoms with Gasteiger partial charge in [0.25, 0.3) is 11.8 Å². The highest BCUT2D eigenvalue weighted by Crippen LogP contribution is 2.31. The van der Waals surface area contributed by atoms with Gasteiger partial charge in [-0.15, -0.1) is 0 Å². The van der Waals surface area contributed by atoms with Crippen LogP contribution in [0.5, 0.6) is 0 Å². The fourth-order valence-corrected chi connectivity index (χ4v) is 3.24. The number of hydrogen-bond acceptors (Lipinski definition) is 4. The molecule has 0 spiro atoms. The first kappa shape index (κ1) is 26.2. The fraction of sp³-hybridized carbons (Fsp3) is 0.0833. The summed E-state index contributed by atoms with van der Waals surface area (Å²) in [5, 5.41) is 19.2. The van der Waals surface area contributed by atoms with Gasteiger partial charge in [0, 0.05) is 16.9 Å². The largest absolute Gasteiger partial charge is 0.480 e. The third-order valence-electron chi connectivity index (χ3n) is 4.67. The van der Waals surface area contributed by atoms with Crippen molar-refractivity contribution in [1.29, 1.82) is 0 Å². The number of benzene rings is 3. The Balaban J connectivity index is 1.65. The summed E-state index contributed by atoms with van der Waals surface area (Å²) in [6.07, 6.45) is -4.54. The maximum absolute atomic E-state index is 13.0. The summed E-state index contributed by atoms with van der Waals surface area (Å²) in [6, 6.07) is 16.6. The van der Waals surface area contributed by atoms with Crippen LogP contribution in [0.15, 0.2) is 72.8 Å². The summed E-state index contributed by atoms with van der Waals surface area (Å²) < 4.78 is 38.9.